The van der Waals surface area contributed by atoms with Crippen LogP contribution >= 0.6 is 11.3 Å². The van der Waals surface area contributed by atoms with E-state index < -0.39 is 0 Å². The maximum Gasteiger partial charge on any atom is 0.321 e. The van der Waals surface area contributed by atoms with E-state index in [-0.39, 0.29) is 12.0 Å². The molecule has 0 saturated carbocycles. The molecule has 2 amide bonds. The van der Waals surface area contributed by atoms with Crippen LogP contribution in [0.15, 0.2) is 5.38 Å². The normalized spacial score (nSPS) is 10.3. The van der Waals surface area contributed by atoms with Gasteiger partial charge in [0, 0.05) is 24.0 Å². The smallest absolute Gasteiger partial charge is 0.321 e. The van der Waals surface area contributed by atoms with E-state index in [0.717, 1.165) is 10.7 Å². The number of hydrogen-bond donors (Lipinski definition) is 2. The average Bonchev–Trinajstić information content (AvgIpc) is 2.88. The lowest BCUT2D eigenvalue weighted by atomic mass is 10.4. The molecule has 0 aliphatic carbocycles. The number of hydrogen-bond acceptors (Lipinski definition) is 6. The summed E-state index contributed by atoms with van der Waals surface area (Å²) in [5, 5.41) is 19.3. The number of thiazole rings is 1. The molecule has 0 bridgehead atoms. The van der Waals surface area contributed by atoms with Crippen molar-refractivity contribution in [2.24, 2.45) is 7.05 Å². The molecular formula is C9H13N7OS. The number of tetrazole rings is 1. The lowest BCUT2D eigenvalue weighted by Gasteiger charge is -2.02. The number of rotatable bonds is 4. The van der Waals surface area contributed by atoms with Crippen LogP contribution in [-0.4, -0.2) is 37.8 Å². The van der Waals surface area contributed by atoms with Crippen molar-refractivity contribution in [2.45, 2.75) is 13.3 Å². The summed E-state index contributed by atoms with van der Waals surface area (Å²) >= 11 is 1.59. The van der Waals surface area contributed by atoms with E-state index in [1.807, 2.05) is 12.3 Å². The minimum atomic E-state index is -0.351. The van der Waals surface area contributed by atoms with E-state index >= 15 is 0 Å². The lowest BCUT2D eigenvalue weighted by Crippen LogP contribution is -2.30. The first-order valence-electron chi connectivity index (χ1n) is 5.33. The van der Waals surface area contributed by atoms with Crippen molar-refractivity contribution in [3.05, 3.63) is 16.1 Å². The van der Waals surface area contributed by atoms with E-state index in [1.165, 1.54) is 4.80 Å². The maximum absolute atomic E-state index is 11.5. The van der Waals surface area contributed by atoms with Crippen LogP contribution in [0.1, 0.15) is 10.7 Å². The average molecular weight is 267 g/mol. The largest absolute Gasteiger partial charge is 0.337 e. The van der Waals surface area contributed by atoms with E-state index in [1.54, 1.807) is 18.4 Å². The fourth-order valence-corrected chi connectivity index (χ4v) is 2.06. The molecule has 96 valence electrons. The summed E-state index contributed by atoms with van der Waals surface area (Å²) in [5.74, 6) is 0.181. The van der Waals surface area contributed by atoms with Gasteiger partial charge in [-0.2, -0.15) is 4.80 Å². The number of aromatic nitrogens is 5. The molecule has 0 aromatic carbocycles. The lowest BCUT2D eigenvalue weighted by molar-refractivity contribution is 0.252. The van der Waals surface area contributed by atoms with Gasteiger partial charge in [0.15, 0.2) is 0 Å². The van der Waals surface area contributed by atoms with Gasteiger partial charge in [0.1, 0.15) is 0 Å². The van der Waals surface area contributed by atoms with Crippen LogP contribution in [0, 0.1) is 6.92 Å². The van der Waals surface area contributed by atoms with Gasteiger partial charge in [-0.1, -0.05) is 5.10 Å². The molecule has 0 saturated heterocycles. The van der Waals surface area contributed by atoms with Crippen LogP contribution in [0.2, 0.25) is 0 Å². The molecule has 2 heterocycles. The minimum absolute atomic E-state index is 0.181. The Morgan fingerprint density at radius 2 is 2.39 bits per heavy atom. The van der Waals surface area contributed by atoms with Crippen molar-refractivity contribution in [1.82, 2.24) is 30.5 Å². The molecule has 0 atom stereocenters. The minimum Gasteiger partial charge on any atom is -0.337 e. The predicted octanol–water partition coefficient (Wildman–Crippen LogP) is 0.339. The Balaban J connectivity index is 1.72. The molecule has 0 spiro atoms. The molecule has 9 heteroatoms. The highest BCUT2D eigenvalue weighted by atomic mass is 32.1. The first-order chi connectivity index (χ1) is 8.63. The standard InChI is InChI=1S/C9H13N7OS/c1-6-5-18-7(11-6)3-4-10-9(17)12-8-13-15-16(2)14-8/h5H,3-4H2,1-2H3,(H2,10,12,14,17). The Hall–Kier alpha value is -2.03. The SMILES string of the molecule is Cc1csc(CCNC(=O)Nc2nnn(C)n2)n1. The Bertz CT molecular complexity index is 535. The number of aryl methyl sites for hydroxylation is 2. The molecule has 2 aromatic rings. The fourth-order valence-electron chi connectivity index (χ4n) is 1.28. The van der Waals surface area contributed by atoms with E-state index in [2.05, 4.69) is 31.0 Å². The van der Waals surface area contributed by atoms with Crippen molar-refractivity contribution >= 4 is 23.3 Å². The van der Waals surface area contributed by atoms with Crippen molar-refractivity contribution in [2.75, 3.05) is 11.9 Å². The Morgan fingerprint density at radius 3 is 3.00 bits per heavy atom. The quantitative estimate of drug-likeness (QED) is 0.832. The first-order valence-corrected chi connectivity index (χ1v) is 6.21. The van der Waals surface area contributed by atoms with Gasteiger partial charge >= 0.3 is 6.03 Å². The summed E-state index contributed by atoms with van der Waals surface area (Å²) < 4.78 is 0. The summed E-state index contributed by atoms with van der Waals surface area (Å²) in [4.78, 5) is 17.0. The van der Waals surface area contributed by atoms with Gasteiger partial charge in [-0.05, 0) is 12.1 Å². The summed E-state index contributed by atoms with van der Waals surface area (Å²) in [6.07, 6.45) is 0.708. The van der Waals surface area contributed by atoms with Gasteiger partial charge in [0.25, 0.3) is 5.95 Å². The third-order valence-corrected chi connectivity index (χ3v) is 3.05. The Labute approximate surface area is 107 Å². The van der Waals surface area contributed by atoms with Gasteiger partial charge in [-0.25, -0.2) is 9.78 Å². The second-order valence-corrected chi connectivity index (χ2v) is 4.56. The first kappa shape index (κ1) is 12.4. The predicted molar refractivity (Wildman–Crippen MR) is 66.4 cm³/mol. The fraction of sp³-hybridized carbons (Fsp3) is 0.444. The number of urea groups is 1. The third kappa shape index (κ3) is 3.48. The third-order valence-electron chi connectivity index (χ3n) is 2.02. The number of carbonyl (C=O) groups is 1. The van der Waals surface area contributed by atoms with Crippen LogP contribution < -0.4 is 10.6 Å². The highest BCUT2D eigenvalue weighted by Crippen LogP contribution is 2.08. The van der Waals surface area contributed by atoms with Gasteiger partial charge in [0.05, 0.1) is 12.1 Å². The highest BCUT2D eigenvalue weighted by molar-refractivity contribution is 7.09. The molecule has 0 fully saturated rings. The molecule has 2 N–H and O–H groups in total. The van der Waals surface area contributed by atoms with Gasteiger partial charge in [-0.15, -0.1) is 16.4 Å². The van der Waals surface area contributed by atoms with E-state index in [9.17, 15) is 4.79 Å². The van der Waals surface area contributed by atoms with Crippen LogP contribution in [0.4, 0.5) is 10.7 Å². The molecule has 2 rings (SSSR count). The number of amides is 2. The summed E-state index contributed by atoms with van der Waals surface area (Å²) in [6.45, 7) is 2.46. The summed E-state index contributed by atoms with van der Waals surface area (Å²) in [5.41, 5.74) is 1.00. The Kier molecular flexibility index (Phi) is 3.82. The van der Waals surface area contributed by atoms with Crippen LogP contribution in [0.5, 0.6) is 0 Å². The van der Waals surface area contributed by atoms with Crippen LogP contribution in [-0.2, 0) is 13.5 Å². The molecule has 0 aliphatic heterocycles. The number of anilines is 1. The topological polar surface area (TPSA) is 97.6 Å². The van der Waals surface area contributed by atoms with Crippen molar-refractivity contribution in [1.29, 1.82) is 0 Å². The second-order valence-electron chi connectivity index (χ2n) is 3.62. The van der Waals surface area contributed by atoms with E-state index in [0.29, 0.717) is 13.0 Å². The number of nitrogens with zero attached hydrogens (tertiary/aromatic N) is 5. The molecule has 2 aromatic heterocycles. The van der Waals surface area contributed by atoms with Crippen molar-refractivity contribution < 1.29 is 4.79 Å². The molecule has 18 heavy (non-hydrogen) atoms. The molecule has 0 aliphatic rings. The monoisotopic (exact) mass is 267 g/mol. The second kappa shape index (κ2) is 5.54. The highest BCUT2D eigenvalue weighted by Gasteiger charge is 2.06. The molecule has 8 nitrogen and oxygen atoms in total. The van der Waals surface area contributed by atoms with Gasteiger partial charge in [-0.3, -0.25) is 5.32 Å². The molecule has 0 radical (unpaired) electrons. The van der Waals surface area contributed by atoms with Crippen LogP contribution in [0.25, 0.3) is 0 Å². The molecule has 0 unspecified atom stereocenters. The Morgan fingerprint density at radius 1 is 1.56 bits per heavy atom. The summed E-state index contributed by atoms with van der Waals surface area (Å²) in [7, 11) is 1.63. The zero-order valence-electron chi connectivity index (χ0n) is 10.0. The zero-order chi connectivity index (χ0) is 13.0. The van der Waals surface area contributed by atoms with Crippen molar-refractivity contribution in [3.63, 3.8) is 0 Å². The zero-order valence-corrected chi connectivity index (χ0v) is 10.9. The van der Waals surface area contributed by atoms with E-state index in [4.69, 9.17) is 0 Å². The summed E-state index contributed by atoms with van der Waals surface area (Å²) in [6, 6.07) is -0.351. The van der Waals surface area contributed by atoms with Crippen molar-refractivity contribution in [3.8, 4) is 0 Å². The van der Waals surface area contributed by atoms with Gasteiger partial charge < -0.3 is 5.32 Å². The molecular weight excluding hydrogens is 254 g/mol. The maximum atomic E-state index is 11.5. The number of nitrogens with one attached hydrogen (secondary N) is 2. The number of carbonyl (C=O) groups excluding carboxylic acids is 1. The van der Waals surface area contributed by atoms with Crippen LogP contribution in [0.3, 0.4) is 0 Å². The van der Waals surface area contributed by atoms with Gasteiger partial charge in [0.2, 0.25) is 0 Å².